The number of likely N-dealkylation sites (tertiary alicyclic amines) is 1. The highest BCUT2D eigenvalue weighted by atomic mass is 35.5. The Hall–Kier alpha value is -1.95. The fourth-order valence-corrected chi connectivity index (χ4v) is 4.03. The second-order valence-electron chi connectivity index (χ2n) is 7.52. The predicted molar refractivity (Wildman–Crippen MR) is 121 cm³/mol. The minimum atomic E-state index is -0.469. The van der Waals surface area contributed by atoms with Gasteiger partial charge in [-0.15, -0.1) is 0 Å². The topological polar surface area (TPSA) is 52.7 Å². The minimum Gasteiger partial charge on any atom is -0.340 e. The number of hydrogen-bond donors (Lipinski definition) is 1. The van der Waals surface area contributed by atoms with E-state index in [2.05, 4.69) is 5.32 Å². The first-order valence-electron chi connectivity index (χ1n) is 9.77. The Morgan fingerprint density at radius 2 is 1.83 bits per heavy atom. The fourth-order valence-electron chi connectivity index (χ4n) is 3.60. The minimum absolute atomic E-state index is 0.0696. The molecular weight excluding hydrogens is 445 g/mol. The molecule has 8 heteroatoms. The van der Waals surface area contributed by atoms with Crippen LogP contribution in [0.4, 0.5) is 4.79 Å². The molecule has 0 aromatic heterocycles. The number of nitrogens with one attached hydrogen (secondary N) is 1. The molecule has 5 nitrogen and oxygen atoms in total. The quantitative estimate of drug-likeness (QED) is 0.626. The molecule has 1 unspecified atom stereocenters. The van der Waals surface area contributed by atoms with Gasteiger partial charge in [0.25, 0.3) is 0 Å². The van der Waals surface area contributed by atoms with Gasteiger partial charge in [-0.05, 0) is 55.2 Å². The number of halogens is 3. The zero-order valence-electron chi connectivity index (χ0n) is 16.9. The van der Waals surface area contributed by atoms with Crippen molar-refractivity contribution in [3.05, 3.63) is 68.7 Å². The summed E-state index contributed by atoms with van der Waals surface area (Å²) in [6.07, 6.45) is 1.44. The van der Waals surface area contributed by atoms with Gasteiger partial charge >= 0.3 is 6.03 Å². The van der Waals surface area contributed by atoms with E-state index in [0.717, 1.165) is 17.5 Å². The van der Waals surface area contributed by atoms with E-state index in [1.165, 1.54) is 0 Å². The van der Waals surface area contributed by atoms with Crippen molar-refractivity contribution >= 4 is 46.7 Å². The molecule has 0 saturated carbocycles. The Labute approximate surface area is 191 Å². The van der Waals surface area contributed by atoms with E-state index in [0.29, 0.717) is 34.6 Å². The molecule has 3 amide bonds. The highest BCUT2D eigenvalue weighted by Gasteiger charge is 2.36. The summed E-state index contributed by atoms with van der Waals surface area (Å²) in [5, 5.41) is 4.52. The van der Waals surface area contributed by atoms with Crippen LogP contribution in [0.15, 0.2) is 42.5 Å². The molecule has 1 aliphatic heterocycles. The first kappa shape index (κ1) is 22.7. The standard InChI is InChI=1S/C22H24Cl3N3O2/c1-14(16-7-10-18(24)19(25)12-16)26-22(30)28-11-3-4-20(28)21(29)27(2)13-15-5-8-17(23)9-6-15/h5-10,12,14,20H,3-4,11,13H2,1-2H3,(H,26,30)/t14?,20-/m1/s1. The number of hydrogen-bond acceptors (Lipinski definition) is 2. The summed E-state index contributed by atoms with van der Waals surface area (Å²) in [5.74, 6) is -0.0696. The molecule has 2 aromatic rings. The van der Waals surface area contributed by atoms with E-state index < -0.39 is 6.04 Å². The van der Waals surface area contributed by atoms with Gasteiger partial charge in [0, 0.05) is 25.2 Å². The third-order valence-electron chi connectivity index (χ3n) is 5.29. The number of urea groups is 1. The Bertz CT molecular complexity index is 920. The van der Waals surface area contributed by atoms with Crippen LogP contribution in [-0.2, 0) is 11.3 Å². The molecule has 1 saturated heterocycles. The van der Waals surface area contributed by atoms with Gasteiger partial charge < -0.3 is 15.1 Å². The molecule has 0 bridgehead atoms. The number of benzene rings is 2. The zero-order chi connectivity index (χ0) is 21.8. The number of carbonyl (C=O) groups excluding carboxylic acids is 2. The van der Waals surface area contributed by atoms with Gasteiger partial charge in [0.15, 0.2) is 0 Å². The molecule has 30 heavy (non-hydrogen) atoms. The molecule has 1 N–H and O–H groups in total. The summed E-state index contributed by atoms with van der Waals surface area (Å²) in [6.45, 7) is 2.88. The van der Waals surface area contributed by atoms with Crippen LogP contribution in [0.1, 0.15) is 36.9 Å². The van der Waals surface area contributed by atoms with E-state index in [1.807, 2.05) is 25.1 Å². The molecule has 0 aliphatic carbocycles. The van der Waals surface area contributed by atoms with Gasteiger partial charge in [-0.3, -0.25) is 4.79 Å². The lowest BCUT2D eigenvalue weighted by molar-refractivity contribution is -0.134. The third kappa shape index (κ3) is 5.39. The van der Waals surface area contributed by atoms with E-state index >= 15 is 0 Å². The maximum atomic E-state index is 13.0. The molecular formula is C22H24Cl3N3O2. The number of rotatable bonds is 5. The first-order valence-corrected chi connectivity index (χ1v) is 10.9. The SMILES string of the molecule is CC(NC(=O)N1CCC[C@@H]1C(=O)N(C)Cc1ccc(Cl)cc1)c1ccc(Cl)c(Cl)c1. The molecule has 0 radical (unpaired) electrons. The maximum absolute atomic E-state index is 13.0. The average molecular weight is 469 g/mol. The summed E-state index contributed by atoms with van der Waals surface area (Å²) in [6, 6.07) is 11.7. The number of likely N-dealkylation sites (N-methyl/N-ethyl adjacent to an activating group) is 1. The van der Waals surface area contributed by atoms with Crippen molar-refractivity contribution in [1.82, 2.24) is 15.1 Å². The van der Waals surface area contributed by atoms with Crippen LogP contribution in [0.2, 0.25) is 15.1 Å². The second kappa shape index (κ2) is 9.90. The highest BCUT2D eigenvalue weighted by molar-refractivity contribution is 6.42. The Kier molecular flexibility index (Phi) is 7.50. The lowest BCUT2D eigenvalue weighted by Gasteiger charge is -2.29. The van der Waals surface area contributed by atoms with Gasteiger partial charge in [-0.25, -0.2) is 4.79 Å². The van der Waals surface area contributed by atoms with Crippen LogP contribution in [-0.4, -0.2) is 41.4 Å². The van der Waals surface area contributed by atoms with Crippen molar-refractivity contribution in [2.45, 2.75) is 38.4 Å². The van der Waals surface area contributed by atoms with Crippen molar-refractivity contribution in [1.29, 1.82) is 0 Å². The molecule has 1 aliphatic rings. The van der Waals surface area contributed by atoms with Gasteiger partial charge in [0.1, 0.15) is 6.04 Å². The van der Waals surface area contributed by atoms with Crippen LogP contribution < -0.4 is 5.32 Å². The van der Waals surface area contributed by atoms with E-state index in [9.17, 15) is 9.59 Å². The predicted octanol–water partition coefficient (Wildman–Crippen LogP) is 5.54. The van der Waals surface area contributed by atoms with E-state index in [-0.39, 0.29) is 18.0 Å². The van der Waals surface area contributed by atoms with Crippen LogP contribution in [0.3, 0.4) is 0 Å². The fraction of sp³-hybridized carbons (Fsp3) is 0.364. The van der Waals surface area contributed by atoms with Gasteiger partial charge in [0.2, 0.25) is 5.91 Å². The summed E-state index contributed by atoms with van der Waals surface area (Å²) in [7, 11) is 1.75. The monoisotopic (exact) mass is 467 g/mol. The molecule has 2 aromatic carbocycles. The van der Waals surface area contributed by atoms with Crippen molar-refractivity contribution < 1.29 is 9.59 Å². The van der Waals surface area contributed by atoms with Crippen molar-refractivity contribution in [2.75, 3.05) is 13.6 Å². The van der Waals surface area contributed by atoms with Gasteiger partial charge in [-0.1, -0.05) is 53.0 Å². The van der Waals surface area contributed by atoms with Gasteiger partial charge in [0.05, 0.1) is 16.1 Å². The Morgan fingerprint density at radius 3 is 2.50 bits per heavy atom. The highest BCUT2D eigenvalue weighted by Crippen LogP contribution is 2.26. The molecule has 2 atom stereocenters. The third-order valence-corrected chi connectivity index (χ3v) is 6.28. The van der Waals surface area contributed by atoms with Crippen LogP contribution in [0.25, 0.3) is 0 Å². The number of amides is 3. The van der Waals surface area contributed by atoms with Gasteiger partial charge in [-0.2, -0.15) is 0 Å². The summed E-state index contributed by atoms with van der Waals surface area (Å²) < 4.78 is 0. The van der Waals surface area contributed by atoms with E-state index in [4.69, 9.17) is 34.8 Å². The molecule has 1 fully saturated rings. The molecule has 3 rings (SSSR count). The normalized spacial score (nSPS) is 17.0. The molecule has 0 spiro atoms. The largest absolute Gasteiger partial charge is 0.340 e. The van der Waals surface area contributed by atoms with Crippen LogP contribution in [0, 0.1) is 0 Å². The second-order valence-corrected chi connectivity index (χ2v) is 8.77. The lowest BCUT2D eigenvalue weighted by atomic mass is 10.1. The maximum Gasteiger partial charge on any atom is 0.318 e. The lowest BCUT2D eigenvalue weighted by Crippen LogP contribution is -2.50. The Balaban J connectivity index is 1.63. The average Bonchev–Trinajstić information content (AvgIpc) is 3.21. The van der Waals surface area contributed by atoms with Crippen LogP contribution >= 0.6 is 34.8 Å². The smallest absolute Gasteiger partial charge is 0.318 e. The Morgan fingerprint density at radius 1 is 1.13 bits per heavy atom. The summed E-state index contributed by atoms with van der Waals surface area (Å²) in [5.41, 5.74) is 1.83. The summed E-state index contributed by atoms with van der Waals surface area (Å²) in [4.78, 5) is 29.2. The summed E-state index contributed by atoms with van der Waals surface area (Å²) >= 11 is 18.0. The molecule has 160 valence electrons. The number of nitrogens with zero attached hydrogens (tertiary/aromatic N) is 2. The van der Waals surface area contributed by atoms with Crippen molar-refractivity contribution in [3.63, 3.8) is 0 Å². The zero-order valence-corrected chi connectivity index (χ0v) is 19.1. The van der Waals surface area contributed by atoms with Crippen molar-refractivity contribution in [3.8, 4) is 0 Å². The molecule has 1 heterocycles. The van der Waals surface area contributed by atoms with Crippen molar-refractivity contribution in [2.24, 2.45) is 0 Å². The number of carbonyl (C=O) groups is 2. The first-order chi connectivity index (χ1) is 14.3. The van der Waals surface area contributed by atoms with E-state index in [1.54, 1.807) is 41.1 Å². The van der Waals surface area contributed by atoms with Crippen LogP contribution in [0.5, 0.6) is 0 Å².